The second-order valence-corrected chi connectivity index (χ2v) is 9.93. The number of piperidine rings is 1. The number of fused-ring (bicyclic) bond motifs is 1. The van der Waals surface area contributed by atoms with Crippen molar-refractivity contribution in [1.82, 2.24) is 14.9 Å². The summed E-state index contributed by atoms with van der Waals surface area (Å²) in [4.78, 5) is 19.4. The molecule has 0 unspecified atom stereocenters. The van der Waals surface area contributed by atoms with Crippen molar-refractivity contribution in [2.24, 2.45) is 0 Å². The van der Waals surface area contributed by atoms with E-state index < -0.39 is 5.60 Å². The largest absolute Gasteiger partial charge is 0.444 e. The molecule has 6 nitrogen and oxygen atoms in total. The maximum atomic E-state index is 12.3. The highest BCUT2D eigenvalue weighted by Crippen LogP contribution is 2.31. The SMILES string of the molecule is CC(C)(C)OC(=O)N[C@@H]1CCCN(c2nc3ccccc3n2Cc2c(Cl)cccc2Cl)C1. The Bertz CT molecular complexity index is 1100. The van der Waals surface area contributed by atoms with Crippen LogP contribution < -0.4 is 10.2 Å². The zero-order valence-electron chi connectivity index (χ0n) is 18.6. The molecule has 0 aliphatic carbocycles. The van der Waals surface area contributed by atoms with Gasteiger partial charge in [0.2, 0.25) is 5.95 Å². The number of imidazole rings is 1. The van der Waals surface area contributed by atoms with Crippen molar-refractivity contribution in [3.8, 4) is 0 Å². The Morgan fingerprint density at radius 3 is 2.59 bits per heavy atom. The Hall–Kier alpha value is -2.44. The van der Waals surface area contributed by atoms with Gasteiger partial charge in [-0.05, 0) is 57.9 Å². The third-order valence-electron chi connectivity index (χ3n) is 5.44. The average molecular weight is 475 g/mol. The second-order valence-electron chi connectivity index (χ2n) is 9.12. The van der Waals surface area contributed by atoms with E-state index in [9.17, 15) is 4.79 Å². The molecule has 1 amide bonds. The van der Waals surface area contributed by atoms with Crippen LogP contribution in [0.4, 0.5) is 10.7 Å². The summed E-state index contributed by atoms with van der Waals surface area (Å²) in [5.41, 5.74) is 2.26. The van der Waals surface area contributed by atoms with Crippen molar-refractivity contribution in [2.75, 3.05) is 18.0 Å². The number of alkyl carbamates (subject to hydrolysis) is 1. The number of nitrogens with zero attached hydrogens (tertiary/aromatic N) is 3. The molecular formula is C24H28Cl2N4O2. The first kappa shape index (κ1) is 22.7. The number of hydrogen-bond acceptors (Lipinski definition) is 4. The number of hydrogen-bond donors (Lipinski definition) is 1. The van der Waals surface area contributed by atoms with Gasteiger partial charge in [0, 0.05) is 34.7 Å². The fourth-order valence-electron chi connectivity index (χ4n) is 4.05. The van der Waals surface area contributed by atoms with Gasteiger partial charge in [0.1, 0.15) is 5.60 Å². The first-order valence-corrected chi connectivity index (χ1v) is 11.6. The second kappa shape index (κ2) is 9.20. The molecule has 1 atom stereocenters. The minimum Gasteiger partial charge on any atom is -0.444 e. The number of amides is 1. The van der Waals surface area contributed by atoms with Crippen molar-refractivity contribution in [2.45, 2.75) is 51.8 Å². The number of ether oxygens (including phenoxy) is 1. The van der Waals surface area contributed by atoms with Crippen LogP contribution in [0.3, 0.4) is 0 Å². The highest BCUT2D eigenvalue weighted by molar-refractivity contribution is 6.36. The fourth-order valence-corrected chi connectivity index (χ4v) is 4.57. The normalized spacial score (nSPS) is 16.9. The number of aromatic nitrogens is 2. The molecule has 1 aliphatic heterocycles. The van der Waals surface area contributed by atoms with Crippen molar-refractivity contribution >= 4 is 46.3 Å². The fraction of sp³-hybridized carbons (Fsp3) is 0.417. The van der Waals surface area contributed by atoms with Crippen LogP contribution in [-0.4, -0.2) is 40.4 Å². The molecule has 1 fully saturated rings. The van der Waals surface area contributed by atoms with Gasteiger partial charge >= 0.3 is 6.09 Å². The van der Waals surface area contributed by atoms with Gasteiger partial charge in [-0.3, -0.25) is 0 Å². The molecule has 1 saturated heterocycles. The molecular weight excluding hydrogens is 447 g/mol. The van der Waals surface area contributed by atoms with Crippen molar-refractivity contribution in [3.05, 3.63) is 58.1 Å². The number of para-hydroxylation sites is 2. The molecule has 3 aromatic rings. The van der Waals surface area contributed by atoms with E-state index in [0.717, 1.165) is 41.9 Å². The van der Waals surface area contributed by atoms with Crippen LogP contribution in [0.15, 0.2) is 42.5 Å². The van der Waals surface area contributed by atoms with E-state index in [-0.39, 0.29) is 12.1 Å². The maximum Gasteiger partial charge on any atom is 0.407 e. The van der Waals surface area contributed by atoms with Crippen LogP contribution >= 0.6 is 23.2 Å². The van der Waals surface area contributed by atoms with E-state index >= 15 is 0 Å². The predicted octanol–water partition coefficient (Wildman–Crippen LogP) is 5.88. The topological polar surface area (TPSA) is 59.4 Å². The molecule has 0 saturated carbocycles. The molecule has 32 heavy (non-hydrogen) atoms. The van der Waals surface area contributed by atoms with Crippen LogP contribution in [0, 0.1) is 0 Å². The van der Waals surface area contributed by atoms with Gasteiger partial charge in [0.15, 0.2) is 0 Å². The quantitative estimate of drug-likeness (QED) is 0.512. The molecule has 0 bridgehead atoms. The number of carbonyl (C=O) groups excluding carboxylic acids is 1. The molecule has 170 valence electrons. The lowest BCUT2D eigenvalue weighted by Crippen LogP contribution is -2.49. The van der Waals surface area contributed by atoms with Crippen LogP contribution in [0.1, 0.15) is 39.2 Å². The smallest absolute Gasteiger partial charge is 0.407 e. The summed E-state index contributed by atoms with van der Waals surface area (Å²) < 4.78 is 7.59. The summed E-state index contributed by atoms with van der Waals surface area (Å²) in [6.07, 6.45) is 1.45. The highest BCUT2D eigenvalue weighted by atomic mass is 35.5. The van der Waals surface area contributed by atoms with Crippen LogP contribution in [0.2, 0.25) is 10.0 Å². The van der Waals surface area contributed by atoms with E-state index in [0.29, 0.717) is 23.1 Å². The van der Waals surface area contributed by atoms with Gasteiger partial charge in [-0.25, -0.2) is 9.78 Å². The summed E-state index contributed by atoms with van der Waals surface area (Å²) in [6, 6.07) is 13.6. The molecule has 1 aliphatic rings. The Morgan fingerprint density at radius 2 is 1.88 bits per heavy atom. The van der Waals surface area contributed by atoms with E-state index in [1.54, 1.807) is 0 Å². The summed E-state index contributed by atoms with van der Waals surface area (Å²) >= 11 is 13.0. The third kappa shape index (κ3) is 5.13. The molecule has 0 radical (unpaired) electrons. The average Bonchev–Trinajstić information content (AvgIpc) is 3.08. The molecule has 4 rings (SSSR count). The molecule has 0 spiro atoms. The Morgan fingerprint density at radius 1 is 1.16 bits per heavy atom. The van der Waals surface area contributed by atoms with Gasteiger partial charge in [0.25, 0.3) is 0 Å². The lowest BCUT2D eigenvalue weighted by atomic mass is 10.1. The zero-order valence-corrected chi connectivity index (χ0v) is 20.1. The first-order valence-electron chi connectivity index (χ1n) is 10.8. The van der Waals surface area contributed by atoms with Crippen LogP contribution in [0.5, 0.6) is 0 Å². The highest BCUT2D eigenvalue weighted by Gasteiger charge is 2.27. The maximum absolute atomic E-state index is 12.3. The van der Waals surface area contributed by atoms with Crippen LogP contribution in [-0.2, 0) is 11.3 Å². The zero-order chi connectivity index (χ0) is 22.9. The Kier molecular flexibility index (Phi) is 6.54. The monoisotopic (exact) mass is 474 g/mol. The lowest BCUT2D eigenvalue weighted by molar-refractivity contribution is 0.0500. The van der Waals surface area contributed by atoms with Gasteiger partial charge < -0.3 is 19.5 Å². The van der Waals surface area contributed by atoms with E-state index in [2.05, 4.69) is 20.9 Å². The summed E-state index contributed by atoms with van der Waals surface area (Å²) in [5, 5.41) is 4.27. The van der Waals surface area contributed by atoms with E-state index in [1.165, 1.54) is 0 Å². The number of anilines is 1. The number of rotatable bonds is 4. The van der Waals surface area contributed by atoms with Gasteiger partial charge in [-0.1, -0.05) is 41.4 Å². The minimum absolute atomic E-state index is 0.0178. The Labute approximate surface area is 198 Å². The number of benzene rings is 2. The molecule has 1 aromatic heterocycles. The van der Waals surface area contributed by atoms with Crippen molar-refractivity contribution in [3.63, 3.8) is 0 Å². The van der Waals surface area contributed by atoms with Crippen molar-refractivity contribution < 1.29 is 9.53 Å². The van der Waals surface area contributed by atoms with Gasteiger partial charge in [-0.2, -0.15) is 0 Å². The van der Waals surface area contributed by atoms with E-state index in [4.69, 9.17) is 32.9 Å². The number of carbonyl (C=O) groups is 1. The standard InChI is InChI=1S/C24H28Cl2N4O2/c1-24(2,3)32-23(31)27-16-8-7-13-29(14-16)22-28-20-11-4-5-12-21(20)30(22)15-17-18(25)9-6-10-19(17)26/h4-6,9-12,16H,7-8,13-15H2,1-3H3,(H,27,31)/t16-/m1/s1. The number of halogens is 2. The summed E-state index contributed by atoms with van der Waals surface area (Å²) in [6.45, 7) is 7.60. The summed E-state index contributed by atoms with van der Waals surface area (Å²) in [5.74, 6) is 0.845. The Balaban J connectivity index is 1.62. The third-order valence-corrected chi connectivity index (χ3v) is 6.15. The van der Waals surface area contributed by atoms with E-state index in [1.807, 2.05) is 57.2 Å². The lowest BCUT2D eigenvalue weighted by Gasteiger charge is -2.34. The summed E-state index contributed by atoms with van der Waals surface area (Å²) in [7, 11) is 0. The van der Waals surface area contributed by atoms with Crippen molar-refractivity contribution in [1.29, 1.82) is 0 Å². The van der Waals surface area contributed by atoms with Crippen LogP contribution in [0.25, 0.3) is 11.0 Å². The molecule has 2 heterocycles. The minimum atomic E-state index is -0.527. The van der Waals surface area contributed by atoms with Gasteiger partial charge in [-0.15, -0.1) is 0 Å². The molecule has 8 heteroatoms. The molecule has 2 aromatic carbocycles. The van der Waals surface area contributed by atoms with Gasteiger partial charge in [0.05, 0.1) is 17.6 Å². The number of nitrogens with one attached hydrogen (secondary N) is 1. The molecule has 1 N–H and O–H groups in total. The predicted molar refractivity (Wildman–Crippen MR) is 130 cm³/mol. The first-order chi connectivity index (χ1) is 15.2.